The van der Waals surface area contributed by atoms with E-state index in [1.807, 2.05) is 0 Å². The molecule has 0 aromatic heterocycles. The van der Waals surface area contributed by atoms with Gasteiger partial charge < -0.3 is 14.6 Å². The summed E-state index contributed by atoms with van der Waals surface area (Å²) in [7, 11) is 0. The molecule has 9 heteroatoms. The van der Waals surface area contributed by atoms with Crippen molar-refractivity contribution in [2.24, 2.45) is 0 Å². The van der Waals surface area contributed by atoms with Crippen molar-refractivity contribution in [1.29, 1.82) is 0 Å². The monoisotopic (exact) mass is 298 g/mol. The van der Waals surface area contributed by atoms with E-state index in [1.165, 1.54) is 0 Å². The second kappa shape index (κ2) is 6.22. The Morgan fingerprint density at radius 2 is 1.90 bits per heavy atom. The highest BCUT2D eigenvalue weighted by atomic mass is 19.4. The zero-order chi connectivity index (χ0) is 15.3. The van der Waals surface area contributed by atoms with Gasteiger partial charge in [-0.25, -0.2) is 4.79 Å². The normalized spacial score (nSPS) is 11.9. The van der Waals surface area contributed by atoms with Crippen molar-refractivity contribution in [1.82, 2.24) is 0 Å². The first-order valence-electron chi connectivity index (χ1n) is 4.93. The van der Waals surface area contributed by atoms with E-state index in [0.717, 1.165) is 24.3 Å². The molecule has 0 saturated heterocycles. The molecule has 0 amide bonds. The van der Waals surface area contributed by atoms with Crippen LogP contribution in [0.25, 0.3) is 6.08 Å². The molecule has 1 N–H and O–H groups in total. The zero-order valence-electron chi connectivity index (χ0n) is 9.53. The van der Waals surface area contributed by atoms with Crippen molar-refractivity contribution < 1.29 is 41.3 Å². The van der Waals surface area contributed by atoms with E-state index in [-0.39, 0.29) is 5.56 Å². The van der Waals surface area contributed by atoms with Crippen molar-refractivity contribution in [2.45, 2.75) is 13.0 Å². The molecule has 0 bridgehead atoms. The Bertz CT molecular complexity index is 510. The zero-order valence-corrected chi connectivity index (χ0v) is 9.53. The third-order valence-electron chi connectivity index (χ3n) is 1.83. The van der Waals surface area contributed by atoms with Gasteiger partial charge >= 0.3 is 18.9 Å². The van der Waals surface area contributed by atoms with Gasteiger partial charge in [-0.15, -0.1) is 13.2 Å². The van der Waals surface area contributed by atoms with Crippen LogP contribution in [0, 0.1) is 0 Å². The van der Waals surface area contributed by atoms with Crippen molar-refractivity contribution in [3.63, 3.8) is 0 Å². The van der Waals surface area contributed by atoms with Gasteiger partial charge in [-0.2, -0.15) is 8.78 Å². The smallest absolute Gasteiger partial charge is 0.478 e. The van der Waals surface area contributed by atoms with E-state index in [1.54, 1.807) is 0 Å². The molecule has 0 unspecified atom stereocenters. The first kappa shape index (κ1) is 15.7. The van der Waals surface area contributed by atoms with Crippen molar-refractivity contribution in [3.05, 3.63) is 29.8 Å². The molecule has 1 aromatic carbocycles. The number of alkyl halides is 5. The van der Waals surface area contributed by atoms with E-state index in [0.29, 0.717) is 6.08 Å². The average molecular weight is 298 g/mol. The Morgan fingerprint density at radius 3 is 2.40 bits per heavy atom. The quantitative estimate of drug-likeness (QED) is 0.669. The summed E-state index contributed by atoms with van der Waals surface area (Å²) in [5, 5.41) is 8.38. The maximum atomic E-state index is 12.1. The van der Waals surface area contributed by atoms with Gasteiger partial charge in [-0.1, -0.05) is 6.07 Å². The van der Waals surface area contributed by atoms with E-state index in [2.05, 4.69) is 9.47 Å². The third kappa shape index (κ3) is 5.55. The number of carboxylic acid groups (broad SMARTS) is 1. The predicted molar refractivity (Wildman–Crippen MR) is 56.4 cm³/mol. The van der Waals surface area contributed by atoms with Gasteiger partial charge in [0.2, 0.25) is 0 Å². The molecule has 0 aliphatic carbocycles. The molecule has 0 atom stereocenters. The van der Waals surface area contributed by atoms with Gasteiger partial charge in [0.25, 0.3) is 0 Å². The van der Waals surface area contributed by atoms with Gasteiger partial charge in [0.1, 0.15) is 0 Å². The summed E-state index contributed by atoms with van der Waals surface area (Å²) in [4.78, 5) is 10.3. The van der Waals surface area contributed by atoms with Gasteiger partial charge in [-0.05, 0) is 23.8 Å². The van der Waals surface area contributed by atoms with Crippen LogP contribution < -0.4 is 9.47 Å². The second-order valence-corrected chi connectivity index (χ2v) is 3.30. The molecule has 0 heterocycles. The lowest BCUT2D eigenvalue weighted by molar-refractivity contribution is -0.275. The van der Waals surface area contributed by atoms with Crippen LogP contribution in [-0.4, -0.2) is 24.0 Å². The summed E-state index contributed by atoms with van der Waals surface area (Å²) >= 11 is 0. The van der Waals surface area contributed by atoms with Crippen molar-refractivity contribution in [3.8, 4) is 11.5 Å². The second-order valence-electron chi connectivity index (χ2n) is 3.30. The molecular formula is C11H7F5O4. The minimum absolute atomic E-state index is 0.00765. The summed E-state index contributed by atoms with van der Waals surface area (Å²) in [6.07, 6.45) is -3.46. The lowest BCUT2D eigenvalue weighted by Crippen LogP contribution is -2.18. The molecule has 0 radical (unpaired) electrons. The molecule has 1 rings (SSSR count). The average Bonchev–Trinajstić information content (AvgIpc) is 2.26. The number of benzene rings is 1. The number of hydrogen-bond acceptors (Lipinski definition) is 3. The number of carboxylic acids is 1. The molecule has 110 valence electrons. The van der Waals surface area contributed by atoms with Gasteiger partial charge in [0, 0.05) is 6.08 Å². The Balaban J connectivity index is 3.10. The van der Waals surface area contributed by atoms with Crippen molar-refractivity contribution in [2.75, 3.05) is 0 Å². The van der Waals surface area contributed by atoms with Crippen LogP contribution in [0.2, 0.25) is 0 Å². The van der Waals surface area contributed by atoms with Gasteiger partial charge in [-0.3, -0.25) is 0 Å². The fourth-order valence-electron chi connectivity index (χ4n) is 1.19. The van der Waals surface area contributed by atoms with Crippen LogP contribution in [0.1, 0.15) is 5.56 Å². The molecule has 1 aromatic rings. The molecule has 0 saturated carbocycles. The predicted octanol–water partition coefficient (Wildman–Crippen LogP) is 3.28. The van der Waals surface area contributed by atoms with Gasteiger partial charge in [0.05, 0.1) is 0 Å². The van der Waals surface area contributed by atoms with Crippen LogP contribution in [0.4, 0.5) is 22.0 Å². The molecule has 20 heavy (non-hydrogen) atoms. The van der Waals surface area contributed by atoms with Gasteiger partial charge in [0.15, 0.2) is 11.5 Å². The third-order valence-corrected chi connectivity index (χ3v) is 1.83. The molecule has 4 nitrogen and oxygen atoms in total. The Kier molecular flexibility index (Phi) is 4.89. The van der Waals surface area contributed by atoms with E-state index in [4.69, 9.17) is 5.11 Å². The summed E-state index contributed by atoms with van der Waals surface area (Å²) < 4.78 is 67.9. The summed E-state index contributed by atoms with van der Waals surface area (Å²) in [6.45, 7) is -3.33. The van der Waals surface area contributed by atoms with E-state index < -0.39 is 30.4 Å². The molecular weight excluding hydrogens is 291 g/mol. The highest BCUT2D eigenvalue weighted by Gasteiger charge is 2.33. The highest BCUT2D eigenvalue weighted by molar-refractivity contribution is 5.85. The first-order valence-corrected chi connectivity index (χ1v) is 4.93. The summed E-state index contributed by atoms with van der Waals surface area (Å²) in [5.74, 6) is -3.13. The topological polar surface area (TPSA) is 55.8 Å². The molecule has 0 spiro atoms. The number of carbonyl (C=O) groups is 1. The number of hydrogen-bond donors (Lipinski definition) is 1. The van der Waals surface area contributed by atoms with Crippen LogP contribution in [0.15, 0.2) is 24.3 Å². The molecule has 0 aliphatic rings. The first-order chi connectivity index (χ1) is 9.17. The lowest BCUT2D eigenvalue weighted by Gasteiger charge is -2.14. The number of ether oxygens (including phenoxy) is 2. The van der Waals surface area contributed by atoms with Crippen LogP contribution >= 0.6 is 0 Å². The van der Waals surface area contributed by atoms with E-state index >= 15 is 0 Å². The minimum atomic E-state index is -5.10. The maximum Gasteiger partial charge on any atom is 0.573 e. The number of halogens is 5. The Hall–Kier alpha value is -2.32. The molecule has 0 fully saturated rings. The summed E-state index contributed by atoms with van der Waals surface area (Å²) in [6, 6.07) is 2.64. The highest BCUT2D eigenvalue weighted by Crippen LogP contribution is 2.34. The maximum absolute atomic E-state index is 12.1. The van der Waals surface area contributed by atoms with Crippen molar-refractivity contribution >= 4 is 12.0 Å². The van der Waals surface area contributed by atoms with E-state index in [9.17, 15) is 26.7 Å². The lowest BCUT2D eigenvalue weighted by atomic mass is 10.2. The fourth-order valence-corrected chi connectivity index (χ4v) is 1.19. The van der Waals surface area contributed by atoms with Crippen LogP contribution in [-0.2, 0) is 4.79 Å². The summed E-state index contributed by atoms with van der Waals surface area (Å²) in [5.41, 5.74) is 0.00765. The Morgan fingerprint density at radius 1 is 1.25 bits per heavy atom. The van der Waals surface area contributed by atoms with Crippen LogP contribution in [0.5, 0.6) is 11.5 Å². The Labute approximate surface area is 109 Å². The largest absolute Gasteiger partial charge is 0.573 e. The fraction of sp³-hybridized carbons (Fsp3) is 0.182. The minimum Gasteiger partial charge on any atom is -0.478 e. The standard InChI is InChI=1S/C11H7F5O4/c12-10(13)19-7-3-1-6(2-4-9(17)18)5-8(7)20-11(14,15)16/h1-5,10H,(H,17,18)/b4-2+. The SMILES string of the molecule is O=C(O)/C=C/c1ccc(OC(F)F)c(OC(F)(F)F)c1. The number of rotatable bonds is 5. The number of aliphatic carboxylic acids is 1. The molecule has 0 aliphatic heterocycles. The van der Waals surface area contributed by atoms with Crippen LogP contribution in [0.3, 0.4) is 0 Å².